The predicted molar refractivity (Wildman–Crippen MR) is 93.9 cm³/mol. The summed E-state index contributed by atoms with van der Waals surface area (Å²) >= 11 is 11.9. The lowest BCUT2D eigenvalue weighted by atomic mass is 10.3. The molecular formula is C17H15Cl2N3O3. The van der Waals surface area contributed by atoms with Crippen molar-refractivity contribution < 1.29 is 13.9 Å². The summed E-state index contributed by atoms with van der Waals surface area (Å²) in [6.45, 7) is 0.495. The first-order valence-electron chi connectivity index (χ1n) is 7.44. The van der Waals surface area contributed by atoms with Crippen molar-refractivity contribution in [2.24, 2.45) is 7.05 Å². The van der Waals surface area contributed by atoms with Crippen LogP contribution in [0.4, 0.5) is 0 Å². The van der Waals surface area contributed by atoms with Gasteiger partial charge in [-0.15, -0.1) is 0 Å². The van der Waals surface area contributed by atoms with Crippen molar-refractivity contribution in [1.29, 1.82) is 0 Å². The number of furan rings is 1. The van der Waals surface area contributed by atoms with Gasteiger partial charge in [-0.05, 0) is 30.3 Å². The molecule has 0 aliphatic rings. The number of rotatable bonds is 6. The number of aromatic nitrogens is 2. The summed E-state index contributed by atoms with van der Waals surface area (Å²) < 4.78 is 12.8. The molecule has 130 valence electrons. The summed E-state index contributed by atoms with van der Waals surface area (Å²) in [5.74, 6) is 0.848. The van der Waals surface area contributed by atoms with Crippen molar-refractivity contribution in [1.82, 2.24) is 15.1 Å². The average Bonchev–Trinajstić information content (AvgIpc) is 3.22. The van der Waals surface area contributed by atoms with Crippen molar-refractivity contribution in [3.8, 4) is 5.75 Å². The summed E-state index contributed by atoms with van der Waals surface area (Å²) in [6, 6.07) is 10.0. The Morgan fingerprint density at radius 1 is 1.28 bits per heavy atom. The largest absolute Gasteiger partial charge is 0.484 e. The number of benzene rings is 1. The van der Waals surface area contributed by atoms with Gasteiger partial charge in [-0.1, -0.05) is 23.2 Å². The minimum absolute atomic E-state index is 0.134. The van der Waals surface area contributed by atoms with Gasteiger partial charge in [0.05, 0.1) is 17.3 Å². The van der Waals surface area contributed by atoms with Crippen molar-refractivity contribution >= 4 is 29.1 Å². The van der Waals surface area contributed by atoms with Gasteiger partial charge >= 0.3 is 0 Å². The van der Waals surface area contributed by atoms with Crippen molar-refractivity contribution in [2.75, 3.05) is 0 Å². The van der Waals surface area contributed by atoms with Crippen LogP contribution in [0.1, 0.15) is 22.0 Å². The van der Waals surface area contributed by atoms with Crippen LogP contribution in [0.5, 0.6) is 5.75 Å². The SMILES string of the molecule is Cn1nccc1CNC(=O)c1ccc(COc2cc(Cl)ccc2Cl)o1. The first kappa shape index (κ1) is 17.4. The second-order valence-electron chi connectivity index (χ2n) is 5.26. The van der Waals surface area contributed by atoms with Crippen LogP contribution in [0, 0.1) is 0 Å². The molecule has 8 heteroatoms. The van der Waals surface area contributed by atoms with Crippen LogP contribution in [-0.4, -0.2) is 15.7 Å². The number of carbonyl (C=O) groups is 1. The smallest absolute Gasteiger partial charge is 0.287 e. The van der Waals surface area contributed by atoms with Crippen LogP contribution in [0.15, 0.2) is 47.0 Å². The molecule has 3 rings (SSSR count). The van der Waals surface area contributed by atoms with E-state index in [0.29, 0.717) is 28.1 Å². The van der Waals surface area contributed by atoms with Crippen molar-refractivity contribution in [3.05, 3.63) is 69.9 Å². The summed E-state index contributed by atoms with van der Waals surface area (Å²) in [5.41, 5.74) is 0.888. The predicted octanol–water partition coefficient (Wildman–Crippen LogP) is 3.83. The van der Waals surface area contributed by atoms with Gasteiger partial charge in [-0.3, -0.25) is 9.48 Å². The molecule has 25 heavy (non-hydrogen) atoms. The number of ether oxygens (including phenoxy) is 1. The topological polar surface area (TPSA) is 69.3 Å². The van der Waals surface area contributed by atoms with Crippen LogP contribution in [0.2, 0.25) is 10.0 Å². The molecule has 3 aromatic rings. The summed E-state index contributed by atoms with van der Waals surface area (Å²) in [4.78, 5) is 12.1. The Morgan fingerprint density at radius 2 is 2.12 bits per heavy atom. The van der Waals surface area contributed by atoms with Crippen LogP contribution in [0.3, 0.4) is 0 Å². The van der Waals surface area contributed by atoms with Gasteiger partial charge in [-0.2, -0.15) is 5.10 Å². The Hall–Kier alpha value is -2.44. The van der Waals surface area contributed by atoms with Gasteiger partial charge in [0.2, 0.25) is 0 Å². The lowest BCUT2D eigenvalue weighted by Crippen LogP contribution is -2.23. The number of hydrogen-bond acceptors (Lipinski definition) is 4. The normalized spacial score (nSPS) is 10.7. The average molecular weight is 380 g/mol. The van der Waals surface area contributed by atoms with E-state index in [4.69, 9.17) is 32.4 Å². The molecule has 1 N–H and O–H groups in total. The number of nitrogens with one attached hydrogen (secondary N) is 1. The lowest BCUT2D eigenvalue weighted by molar-refractivity contribution is 0.0918. The first-order chi connectivity index (χ1) is 12.0. The molecule has 0 radical (unpaired) electrons. The third-order valence-electron chi connectivity index (χ3n) is 3.50. The third-order valence-corrected chi connectivity index (χ3v) is 4.05. The molecule has 0 fully saturated rings. The van der Waals surface area contributed by atoms with Crippen LogP contribution in [0.25, 0.3) is 0 Å². The standard InChI is InChI=1S/C17H15Cl2N3O3/c1-22-12(6-7-21-22)9-20-17(23)15-5-3-13(25-15)10-24-16-8-11(18)2-4-14(16)19/h2-8H,9-10H2,1H3,(H,20,23). The van der Waals surface area contributed by atoms with E-state index in [1.165, 1.54) is 0 Å². The second kappa shape index (κ2) is 7.63. The maximum absolute atomic E-state index is 12.1. The molecule has 0 saturated carbocycles. The molecule has 0 bridgehead atoms. The molecule has 6 nitrogen and oxygen atoms in total. The molecule has 0 spiro atoms. The molecule has 2 aromatic heterocycles. The lowest BCUT2D eigenvalue weighted by Gasteiger charge is -2.07. The highest BCUT2D eigenvalue weighted by Gasteiger charge is 2.12. The highest BCUT2D eigenvalue weighted by atomic mass is 35.5. The van der Waals surface area contributed by atoms with Crippen molar-refractivity contribution in [2.45, 2.75) is 13.2 Å². The molecule has 1 aromatic carbocycles. The highest BCUT2D eigenvalue weighted by Crippen LogP contribution is 2.28. The monoisotopic (exact) mass is 379 g/mol. The molecule has 0 unspecified atom stereocenters. The summed E-state index contributed by atoms with van der Waals surface area (Å²) in [7, 11) is 1.81. The maximum Gasteiger partial charge on any atom is 0.287 e. The van der Waals surface area contributed by atoms with E-state index in [-0.39, 0.29) is 18.3 Å². The van der Waals surface area contributed by atoms with Gasteiger partial charge in [-0.25, -0.2) is 0 Å². The molecule has 2 heterocycles. The number of carbonyl (C=O) groups excluding carboxylic acids is 1. The zero-order chi connectivity index (χ0) is 17.8. The molecule has 1 amide bonds. The van der Waals surface area contributed by atoms with Crippen LogP contribution < -0.4 is 10.1 Å². The van der Waals surface area contributed by atoms with E-state index in [2.05, 4.69) is 10.4 Å². The van der Waals surface area contributed by atoms with Gasteiger partial charge in [0.25, 0.3) is 5.91 Å². The molecule has 0 saturated heterocycles. The van der Waals surface area contributed by atoms with Crippen LogP contribution >= 0.6 is 23.2 Å². The van der Waals surface area contributed by atoms with E-state index in [0.717, 1.165) is 5.69 Å². The Bertz CT molecular complexity index is 889. The van der Waals surface area contributed by atoms with Crippen LogP contribution in [-0.2, 0) is 20.2 Å². The first-order valence-corrected chi connectivity index (χ1v) is 8.20. The number of hydrogen-bond donors (Lipinski definition) is 1. The van der Waals surface area contributed by atoms with Gasteiger partial charge in [0, 0.05) is 24.3 Å². The van der Waals surface area contributed by atoms with E-state index >= 15 is 0 Å². The summed E-state index contributed by atoms with van der Waals surface area (Å²) in [6.07, 6.45) is 1.67. The van der Waals surface area contributed by atoms with E-state index < -0.39 is 0 Å². The fourth-order valence-corrected chi connectivity index (χ4v) is 2.48. The highest BCUT2D eigenvalue weighted by molar-refractivity contribution is 6.34. The molecule has 0 aliphatic heterocycles. The van der Waals surface area contributed by atoms with E-state index in [9.17, 15) is 4.79 Å². The maximum atomic E-state index is 12.1. The van der Waals surface area contributed by atoms with Gasteiger partial charge < -0.3 is 14.5 Å². The molecule has 0 aliphatic carbocycles. The van der Waals surface area contributed by atoms with Gasteiger partial charge in [0.15, 0.2) is 5.76 Å². The Kier molecular flexibility index (Phi) is 5.31. The number of nitrogens with zero attached hydrogens (tertiary/aromatic N) is 2. The molecule has 0 atom stereocenters. The number of amides is 1. The second-order valence-corrected chi connectivity index (χ2v) is 6.10. The minimum atomic E-state index is -0.312. The fraction of sp³-hybridized carbons (Fsp3) is 0.176. The van der Waals surface area contributed by atoms with Crippen molar-refractivity contribution in [3.63, 3.8) is 0 Å². The summed E-state index contributed by atoms with van der Waals surface area (Å²) in [5, 5.41) is 7.79. The zero-order valence-electron chi connectivity index (χ0n) is 13.3. The number of aryl methyl sites for hydroxylation is 1. The van der Waals surface area contributed by atoms with Gasteiger partial charge in [0.1, 0.15) is 18.1 Å². The van der Waals surface area contributed by atoms with E-state index in [1.54, 1.807) is 41.2 Å². The van der Waals surface area contributed by atoms with E-state index in [1.807, 2.05) is 13.1 Å². The Balaban J connectivity index is 1.57. The Morgan fingerprint density at radius 3 is 2.88 bits per heavy atom. The number of halogens is 2. The third kappa shape index (κ3) is 4.35. The fourth-order valence-electron chi connectivity index (χ4n) is 2.15. The Labute approximate surface area is 154 Å². The quantitative estimate of drug-likeness (QED) is 0.706. The zero-order valence-corrected chi connectivity index (χ0v) is 14.8. The molecular weight excluding hydrogens is 365 g/mol. The minimum Gasteiger partial charge on any atom is -0.484 e.